The summed E-state index contributed by atoms with van der Waals surface area (Å²) in [6.45, 7) is -0.208. The third-order valence-electron chi connectivity index (χ3n) is 6.73. The summed E-state index contributed by atoms with van der Waals surface area (Å²) in [4.78, 5) is 29.2. The lowest BCUT2D eigenvalue weighted by Crippen LogP contribution is -2.47. The molecule has 0 spiro atoms. The van der Waals surface area contributed by atoms with E-state index in [4.69, 9.17) is 4.74 Å². The summed E-state index contributed by atoms with van der Waals surface area (Å²) in [6.07, 6.45) is 3.74. The van der Waals surface area contributed by atoms with Crippen molar-refractivity contribution in [2.75, 3.05) is 12.0 Å². The number of fused-ring (bicyclic) bond motifs is 1. The molecule has 5 rings (SSSR count). The first kappa shape index (κ1) is 24.4. The minimum absolute atomic E-state index is 0.0179. The van der Waals surface area contributed by atoms with Crippen molar-refractivity contribution >= 4 is 28.5 Å². The number of ether oxygens (including phenoxy) is 1. The van der Waals surface area contributed by atoms with Gasteiger partial charge in [0.15, 0.2) is 0 Å². The highest BCUT2D eigenvalue weighted by Gasteiger charge is 2.37. The minimum Gasteiger partial charge on any atom is -0.495 e. The number of aromatic nitrogens is 3. The van der Waals surface area contributed by atoms with Crippen molar-refractivity contribution < 1.29 is 18.7 Å². The van der Waals surface area contributed by atoms with Gasteiger partial charge in [0, 0.05) is 11.6 Å². The number of rotatable bonds is 8. The highest BCUT2D eigenvalue weighted by Crippen LogP contribution is 2.36. The molecule has 2 amide bonds. The molecule has 4 aromatic rings. The van der Waals surface area contributed by atoms with Crippen LogP contribution in [0.15, 0.2) is 72.8 Å². The highest BCUT2D eigenvalue weighted by molar-refractivity contribution is 6.02. The summed E-state index contributed by atoms with van der Waals surface area (Å²) in [7, 11) is 1.49. The first-order valence-corrected chi connectivity index (χ1v) is 12.3. The molecule has 190 valence electrons. The van der Waals surface area contributed by atoms with Crippen molar-refractivity contribution in [3.05, 3.63) is 84.2 Å². The predicted octanol–water partition coefficient (Wildman–Crippen LogP) is 4.41. The lowest BCUT2D eigenvalue weighted by molar-refractivity contribution is -0.127. The average molecular weight is 502 g/mol. The van der Waals surface area contributed by atoms with E-state index in [0.29, 0.717) is 22.5 Å². The van der Waals surface area contributed by atoms with Gasteiger partial charge in [-0.05, 0) is 43.2 Å². The van der Waals surface area contributed by atoms with E-state index < -0.39 is 23.7 Å². The minimum atomic E-state index is -1.26. The molecular weight excluding hydrogens is 473 g/mol. The van der Waals surface area contributed by atoms with Gasteiger partial charge < -0.3 is 10.1 Å². The fourth-order valence-corrected chi connectivity index (χ4v) is 4.93. The van der Waals surface area contributed by atoms with Crippen LogP contribution >= 0.6 is 0 Å². The Morgan fingerprint density at radius 1 is 1.05 bits per heavy atom. The van der Waals surface area contributed by atoms with Gasteiger partial charge in [0.1, 0.15) is 29.7 Å². The molecule has 1 heterocycles. The molecule has 3 aromatic carbocycles. The van der Waals surface area contributed by atoms with Crippen LogP contribution in [0, 0.1) is 5.82 Å². The molecule has 1 aliphatic carbocycles. The van der Waals surface area contributed by atoms with Gasteiger partial charge in [-0.3, -0.25) is 14.5 Å². The van der Waals surface area contributed by atoms with Crippen LogP contribution in [0.3, 0.4) is 0 Å². The largest absolute Gasteiger partial charge is 0.495 e. The quantitative estimate of drug-likeness (QED) is 0.386. The van der Waals surface area contributed by atoms with Crippen molar-refractivity contribution in [1.82, 2.24) is 20.3 Å². The SMILES string of the molecule is COc1ccccc1N(C(=O)Cn1nnc2ccccc21)C(C(=O)NC1CCCC1)c1ccccc1F. The number of hydrogen-bond acceptors (Lipinski definition) is 5. The van der Waals surface area contributed by atoms with Crippen LogP contribution in [-0.4, -0.2) is 40.0 Å². The molecule has 8 nitrogen and oxygen atoms in total. The summed E-state index contributed by atoms with van der Waals surface area (Å²) in [5, 5.41) is 11.3. The maximum absolute atomic E-state index is 15.2. The number of carbonyl (C=O) groups is 2. The van der Waals surface area contributed by atoms with Crippen LogP contribution < -0.4 is 15.0 Å². The van der Waals surface area contributed by atoms with E-state index in [1.54, 1.807) is 42.5 Å². The fraction of sp³-hybridized carbons (Fsp3) is 0.286. The van der Waals surface area contributed by atoms with Crippen LogP contribution in [-0.2, 0) is 16.1 Å². The van der Waals surface area contributed by atoms with Crippen molar-refractivity contribution in [3.63, 3.8) is 0 Å². The Balaban J connectivity index is 1.61. The predicted molar refractivity (Wildman–Crippen MR) is 138 cm³/mol. The molecule has 0 bridgehead atoms. The Bertz CT molecular complexity index is 1420. The second kappa shape index (κ2) is 10.8. The smallest absolute Gasteiger partial charge is 0.249 e. The van der Waals surface area contributed by atoms with Gasteiger partial charge in [-0.1, -0.05) is 60.5 Å². The Kier molecular flexibility index (Phi) is 7.11. The summed E-state index contributed by atoms with van der Waals surface area (Å²) < 4.78 is 22.3. The van der Waals surface area contributed by atoms with Gasteiger partial charge in [0.2, 0.25) is 11.8 Å². The summed E-state index contributed by atoms with van der Waals surface area (Å²) >= 11 is 0. The van der Waals surface area contributed by atoms with E-state index in [1.165, 1.54) is 28.8 Å². The number of anilines is 1. The third kappa shape index (κ3) is 5.02. The average Bonchev–Trinajstić information content (AvgIpc) is 3.58. The molecule has 1 saturated carbocycles. The first-order valence-electron chi connectivity index (χ1n) is 12.3. The number of para-hydroxylation sites is 3. The second-order valence-corrected chi connectivity index (χ2v) is 9.09. The maximum atomic E-state index is 15.2. The van der Waals surface area contributed by atoms with Crippen LogP contribution in [0.4, 0.5) is 10.1 Å². The molecule has 1 fully saturated rings. The second-order valence-electron chi connectivity index (χ2n) is 9.09. The first-order chi connectivity index (χ1) is 18.1. The van der Waals surface area contributed by atoms with E-state index in [1.807, 2.05) is 18.2 Å². The topological polar surface area (TPSA) is 89.3 Å². The standard InChI is InChI=1S/C28H28FN5O3/c1-37-25-17-9-8-16-24(25)34(26(35)18-33-23-15-7-6-14-22(23)31-32-33)27(20-12-4-5-13-21(20)29)28(36)30-19-10-2-3-11-19/h4-9,12-17,19,27H,2-3,10-11,18H2,1H3,(H,30,36). The van der Waals surface area contributed by atoms with Crippen LogP contribution in [0.5, 0.6) is 5.75 Å². The molecule has 1 N–H and O–H groups in total. The van der Waals surface area contributed by atoms with Crippen molar-refractivity contribution in [2.45, 2.75) is 44.3 Å². The third-order valence-corrected chi connectivity index (χ3v) is 6.73. The number of hydrogen-bond donors (Lipinski definition) is 1. The summed E-state index contributed by atoms with van der Waals surface area (Å²) in [5.41, 5.74) is 1.77. The van der Waals surface area contributed by atoms with Crippen LogP contribution in [0.25, 0.3) is 11.0 Å². The molecule has 0 aliphatic heterocycles. The Morgan fingerprint density at radius 2 is 1.76 bits per heavy atom. The lowest BCUT2D eigenvalue weighted by Gasteiger charge is -2.33. The van der Waals surface area contributed by atoms with Gasteiger partial charge in [0.25, 0.3) is 0 Å². The normalized spacial score (nSPS) is 14.4. The summed E-state index contributed by atoms with van der Waals surface area (Å²) in [5.74, 6) is -1.10. The monoisotopic (exact) mass is 501 g/mol. The Labute approximate surface area is 214 Å². The molecule has 37 heavy (non-hydrogen) atoms. The molecular formula is C28H28FN5O3. The van der Waals surface area contributed by atoms with E-state index in [9.17, 15) is 9.59 Å². The van der Waals surface area contributed by atoms with Crippen molar-refractivity contribution in [1.29, 1.82) is 0 Å². The zero-order valence-corrected chi connectivity index (χ0v) is 20.5. The maximum Gasteiger partial charge on any atom is 0.249 e. The van der Waals surface area contributed by atoms with E-state index in [2.05, 4.69) is 15.6 Å². The number of nitrogens with zero attached hydrogens (tertiary/aromatic N) is 4. The lowest BCUT2D eigenvalue weighted by atomic mass is 10.0. The van der Waals surface area contributed by atoms with Gasteiger partial charge in [-0.15, -0.1) is 5.10 Å². The number of amides is 2. The van der Waals surface area contributed by atoms with E-state index in [-0.39, 0.29) is 18.2 Å². The van der Waals surface area contributed by atoms with Crippen LogP contribution in [0.1, 0.15) is 37.3 Å². The molecule has 9 heteroatoms. The van der Waals surface area contributed by atoms with Crippen LogP contribution in [0.2, 0.25) is 0 Å². The number of nitrogens with one attached hydrogen (secondary N) is 1. The molecule has 1 aliphatic rings. The fourth-order valence-electron chi connectivity index (χ4n) is 4.93. The zero-order chi connectivity index (χ0) is 25.8. The van der Waals surface area contributed by atoms with Crippen molar-refractivity contribution in [2.24, 2.45) is 0 Å². The van der Waals surface area contributed by atoms with Gasteiger partial charge in [0.05, 0.1) is 18.3 Å². The van der Waals surface area contributed by atoms with Gasteiger partial charge >= 0.3 is 0 Å². The van der Waals surface area contributed by atoms with E-state index >= 15 is 4.39 Å². The number of halogens is 1. The summed E-state index contributed by atoms with van der Waals surface area (Å²) in [6, 6.07) is 19.0. The number of benzene rings is 3. The number of methoxy groups -OCH3 is 1. The zero-order valence-electron chi connectivity index (χ0n) is 20.5. The molecule has 1 atom stereocenters. The molecule has 0 radical (unpaired) electrons. The molecule has 1 aromatic heterocycles. The Hall–Kier alpha value is -4.27. The highest BCUT2D eigenvalue weighted by atomic mass is 19.1. The number of carbonyl (C=O) groups excluding carboxylic acids is 2. The molecule has 1 unspecified atom stereocenters. The Morgan fingerprint density at radius 3 is 2.54 bits per heavy atom. The van der Waals surface area contributed by atoms with Gasteiger partial charge in [-0.25, -0.2) is 9.07 Å². The van der Waals surface area contributed by atoms with E-state index in [0.717, 1.165) is 25.7 Å². The van der Waals surface area contributed by atoms with Gasteiger partial charge in [-0.2, -0.15) is 0 Å². The van der Waals surface area contributed by atoms with Crippen molar-refractivity contribution in [3.8, 4) is 5.75 Å². The molecule has 0 saturated heterocycles.